The van der Waals surface area contributed by atoms with Gasteiger partial charge in [0.05, 0.1) is 6.04 Å². The molecule has 1 aromatic rings. The first-order valence-corrected chi connectivity index (χ1v) is 9.37. The summed E-state index contributed by atoms with van der Waals surface area (Å²) >= 11 is 0. The van der Waals surface area contributed by atoms with Gasteiger partial charge in [-0.25, -0.2) is 0 Å². The van der Waals surface area contributed by atoms with Crippen LogP contribution in [-0.4, -0.2) is 38.4 Å². The molecule has 0 spiro atoms. The fourth-order valence-corrected chi connectivity index (χ4v) is 3.14. The molecular weight excluding hydrogens is 441 g/mol. The van der Waals surface area contributed by atoms with Gasteiger partial charge in [-0.3, -0.25) is 4.99 Å². The molecule has 1 aliphatic rings. The number of rotatable bonds is 8. The molecule has 5 nitrogen and oxygen atoms in total. The van der Waals surface area contributed by atoms with Gasteiger partial charge in [0.2, 0.25) is 0 Å². The minimum atomic E-state index is -0.191. The Morgan fingerprint density at radius 1 is 1.27 bits per heavy atom. The molecule has 1 heterocycles. The molecule has 1 atom stereocenters. The standard InChI is InChI=1S/C20H33N3O2.HI/c1-5-21-19(22-13-9-6-10-14-24-4)23-17-15-20(2,3)25-18-12-8-7-11-16(17)18;/h7-8,11-12,17H,5-6,9-10,13-15H2,1-4H3,(H2,21,22,23);1H. The lowest BCUT2D eigenvalue weighted by atomic mass is 9.90. The van der Waals surface area contributed by atoms with Gasteiger partial charge in [0.15, 0.2) is 5.96 Å². The molecule has 0 aliphatic carbocycles. The predicted molar refractivity (Wildman–Crippen MR) is 119 cm³/mol. The Kier molecular flexibility index (Phi) is 10.3. The van der Waals surface area contributed by atoms with E-state index in [2.05, 4.69) is 43.5 Å². The third-order valence-electron chi connectivity index (χ3n) is 4.31. The Bertz CT molecular complexity index is 564. The van der Waals surface area contributed by atoms with E-state index in [1.807, 2.05) is 12.1 Å². The van der Waals surface area contributed by atoms with Crippen molar-refractivity contribution in [1.82, 2.24) is 10.6 Å². The number of guanidine groups is 1. The molecule has 148 valence electrons. The van der Waals surface area contributed by atoms with Crippen molar-refractivity contribution in [3.63, 3.8) is 0 Å². The Balaban J connectivity index is 0.00000338. The van der Waals surface area contributed by atoms with Gasteiger partial charge in [-0.1, -0.05) is 18.2 Å². The van der Waals surface area contributed by atoms with Crippen LogP contribution in [0.25, 0.3) is 0 Å². The van der Waals surface area contributed by atoms with Crippen molar-refractivity contribution in [2.75, 3.05) is 26.8 Å². The second kappa shape index (κ2) is 11.6. The van der Waals surface area contributed by atoms with E-state index in [4.69, 9.17) is 14.5 Å². The van der Waals surface area contributed by atoms with E-state index in [1.165, 1.54) is 5.56 Å². The highest BCUT2D eigenvalue weighted by atomic mass is 127. The smallest absolute Gasteiger partial charge is 0.191 e. The highest BCUT2D eigenvalue weighted by Gasteiger charge is 2.33. The molecule has 0 amide bonds. The number of para-hydroxylation sites is 1. The molecule has 0 saturated heterocycles. The number of ether oxygens (including phenoxy) is 2. The number of unbranched alkanes of at least 4 members (excludes halogenated alkanes) is 2. The van der Waals surface area contributed by atoms with Crippen LogP contribution in [0.5, 0.6) is 5.75 Å². The maximum absolute atomic E-state index is 6.11. The van der Waals surface area contributed by atoms with Gasteiger partial charge in [-0.2, -0.15) is 0 Å². The van der Waals surface area contributed by atoms with E-state index in [0.717, 1.165) is 57.1 Å². The van der Waals surface area contributed by atoms with Crippen molar-refractivity contribution in [3.8, 4) is 5.75 Å². The quantitative estimate of drug-likeness (QED) is 0.255. The van der Waals surface area contributed by atoms with E-state index in [1.54, 1.807) is 7.11 Å². The van der Waals surface area contributed by atoms with Gasteiger partial charge in [0.25, 0.3) is 0 Å². The Labute approximate surface area is 175 Å². The van der Waals surface area contributed by atoms with Crippen LogP contribution in [0.1, 0.15) is 58.1 Å². The van der Waals surface area contributed by atoms with E-state index < -0.39 is 0 Å². The number of aliphatic imine (C=N–C) groups is 1. The van der Waals surface area contributed by atoms with Crippen LogP contribution in [0, 0.1) is 0 Å². The minimum Gasteiger partial charge on any atom is -0.487 e. The van der Waals surface area contributed by atoms with E-state index in [0.29, 0.717) is 0 Å². The van der Waals surface area contributed by atoms with Crippen molar-refractivity contribution in [2.24, 2.45) is 4.99 Å². The normalized spacial score (nSPS) is 18.3. The number of hydrogen-bond acceptors (Lipinski definition) is 3. The zero-order valence-corrected chi connectivity index (χ0v) is 18.8. The molecular formula is C20H34IN3O2. The van der Waals surface area contributed by atoms with Crippen molar-refractivity contribution in [2.45, 2.75) is 58.1 Å². The number of halogens is 1. The van der Waals surface area contributed by atoms with E-state index in [-0.39, 0.29) is 35.6 Å². The van der Waals surface area contributed by atoms with Crippen molar-refractivity contribution in [1.29, 1.82) is 0 Å². The highest BCUT2D eigenvalue weighted by molar-refractivity contribution is 14.0. The Morgan fingerprint density at radius 3 is 2.77 bits per heavy atom. The summed E-state index contributed by atoms with van der Waals surface area (Å²) in [6.07, 6.45) is 4.22. The van der Waals surface area contributed by atoms with Crippen LogP contribution in [0.4, 0.5) is 0 Å². The number of methoxy groups -OCH3 is 1. The van der Waals surface area contributed by atoms with Crippen LogP contribution in [0.15, 0.2) is 29.3 Å². The number of benzene rings is 1. The fraction of sp³-hybridized carbons (Fsp3) is 0.650. The van der Waals surface area contributed by atoms with Crippen LogP contribution in [-0.2, 0) is 4.74 Å². The molecule has 0 saturated carbocycles. The average molecular weight is 475 g/mol. The lowest BCUT2D eigenvalue weighted by Gasteiger charge is -2.38. The Hall–Kier alpha value is -1.02. The molecule has 1 aliphatic heterocycles. The van der Waals surface area contributed by atoms with Gasteiger partial charge >= 0.3 is 0 Å². The summed E-state index contributed by atoms with van der Waals surface area (Å²) in [5.41, 5.74) is 1.01. The maximum Gasteiger partial charge on any atom is 0.191 e. The van der Waals surface area contributed by atoms with Crippen molar-refractivity contribution >= 4 is 29.9 Å². The number of hydrogen-bond donors (Lipinski definition) is 2. The zero-order chi connectivity index (χ0) is 18.1. The first-order valence-electron chi connectivity index (χ1n) is 9.37. The van der Waals surface area contributed by atoms with Crippen LogP contribution in [0.2, 0.25) is 0 Å². The topological polar surface area (TPSA) is 54.9 Å². The Morgan fingerprint density at radius 2 is 2.04 bits per heavy atom. The van der Waals surface area contributed by atoms with Gasteiger partial charge in [0, 0.05) is 38.8 Å². The lowest BCUT2D eigenvalue weighted by Crippen LogP contribution is -2.45. The zero-order valence-electron chi connectivity index (χ0n) is 16.5. The maximum atomic E-state index is 6.11. The van der Waals surface area contributed by atoms with E-state index in [9.17, 15) is 0 Å². The van der Waals surface area contributed by atoms with Crippen LogP contribution >= 0.6 is 24.0 Å². The summed E-state index contributed by atoms with van der Waals surface area (Å²) in [5, 5.41) is 6.97. The molecule has 2 N–H and O–H groups in total. The summed E-state index contributed by atoms with van der Waals surface area (Å²) < 4.78 is 11.2. The fourth-order valence-electron chi connectivity index (χ4n) is 3.14. The molecule has 0 radical (unpaired) electrons. The number of fused-ring (bicyclic) bond motifs is 1. The summed E-state index contributed by atoms with van der Waals surface area (Å²) in [7, 11) is 1.75. The monoisotopic (exact) mass is 475 g/mol. The first-order chi connectivity index (χ1) is 12.1. The molecule has 0 bridgehead atoms. The van der Waals surface area contributed by atoms with Gasteiger partial charge in [-0.15, -0.1) is 24.0 Å². The highest BCUT2D eigenvalue weighted by Crippen LogP contribution is 2.39. The summed E-state index contributed by atoms with van der Waals surface area (Å²) in [6, 6.07) is 8.47. The van der Waals surface area contributed by atoms with Crippen LogP contribution in [0.3, 0.4) is 0 Å². The van der Waals surface area contributed by atoms with Gasteiger partial charge < -0.3 is 20.1 Å². The molecule has 0 fully saturated rings. The second-order valence-corrected chi connectivity index (χ2v) is 7.11. The first kappa shape index (κ1) is 23.0. The molecule has 26 heavy (non-hydrogen) atoms. The van der Waals surface area contributed by atoms with Gasteiger partial charge in [0.1, 0.15) is 11.4 Å². The molecule has 1 aromatic carbocycles. The molecule has 6 heteroatoms. The molecule has 1 unspecified atom stereocenters. The molecule has 2 rings (SSSR count). The SMILES string of the molecule is CCNC(=NCCCCCOC)NC1CC(C)(C)Oc2ccccc21.I. The van der Waals surface area contributed by atoms with Gasteiger partial charge in [-0.05, 0) is 46.1 Å². The molecule has 0 aromatic heterocycles. The van der Waals surface area contributed by atoms with E-state index >= 15 is 0 Å². The lowest BCUT2D eigenvalue weighted by molar-refractivity contribution is 0.0694. The van der Waals surface area contributed by atoms with Crippen LogP contribution < -0.4 is 15.4 Å². The second-order valence-electron chi connectivity index (χ2n) is 7.11. The van der Waals surface area contributed by atoms with Crippen molar-refractivity contribution < 1.29 is 9.47 Å². The summed E-state index contributed by atoms with van der Waals surface area (Å²) in [6.45, 7) is 8.87. The number of nitrogens with one attached hydrogen (secondary N) is 2. The van der Waals surface area contributed by atoms with Crippen molar-refractivity contribution in [3.05, 3.63) is 29.8 Å². The summed E-state index contributed by atoms with van der Waals surface area (Å²) in [4.78, 5) is 4.74. The third kappa shape index (κ3) is 7.31. The largest absolute Gasteiger partial charge is 0.487 e. The number of nitrogens with zero attached hydrogens (tertiary/aromatic N) is 1. The third-order valence-corrected chi connectivity index (χ3v) is 4.31. The average Bonchev–Trinajstić information content (AvgIpc) is 2.57. The summed E-state index contributed by atoms with van der Waals surface area (Å²) in [5.74, 6) is 1.85. The predicted octanol–water partition coefficient (Wildman–Crippen LogP) is 4.28. The minimum absolute atomic E-state index is 0.